The molecule has 1 aromatic heterocycles. The summed E-state index contributed by atoms with van der Waals surface area (Å²) in [6.45, 7) is -1.90. The average Bonchev–Trinajstić information content (AvgIpc) is 2.72. The number of likely N-dealkylation sites (N-methyl/N-ethyl adjacent to an activating group) is 1. The van der Waals surface area contributed by atoms with Gasteiger partial charge in [0.1, 0.15) is 5.75 Å². The Morgan fingerprint density at radius 2 is 1.69 bits per heavy atom. The van der Waals surface area contributed by atoms with Crippen LogP contribution in [-0.4, -0.2) is 42.6 Å². The van der Waals surface area contributed by atoms with Gasteiger partial charge in [-0.3, -0.25) is 9.69 Å². The molecule has 0 saturated carbocycles. The van der Waals surface area contributed by atoms with Gasteiger partial charge in [-0.05, 0) is 24.3 Å². The Balaban J connectivity index is 1.65. The van der Waals surface area contributed by atoms with E-state index in [4.69, 9.17) is 0 Å². The number of anilines is 2. The fraction of sp³-hybridized carbons (Fsp3) is 0.190. The lowest BCUT2D eigenvalue weighted by Crippen LogP contribution is -2.43. The molecule has 6 nitrogen and oxygen atoms in total. The molecule has 0 fully saturated rings. The molecule has 4 rings (SSSR count). The van der Waals surface area contributed by atoms with Gasteiger partial charge in [0.05, 0.1) is 11.0 Å². The third-order valence-corrected chi connectivity index (χ3v) is 4.62. The first-order valence-corrected chi connectivity index (χ1v) is 9.04. The molecule has 0 saturated heterocycles. The number of amides is 1. The maximum atomic E-state index is 12.9. The zero-order valence-corrected chi connectivity index (χ0v) is 15.6. The van der Waals surface area contributed by atoms with Gasteiger partial charge in [-0.15, -0.1) is 0 Å². The maximum absolute atomic E-state index is 12.9. The third-order valence-electron chi connectivity index (χ3n) is 4.62. The zero-order chi connectivity index (χ0) is 20.4. The highest BCUT2D eigenvalue weighted by molar-refractivity contribution is 6.06. The van der Waals surface area contributed by atoms with Gasteiger partial charge in [-0.2, -0.15) is 8.78 Å². The number of ether oxygens (including phenoxy) is 1. The normalized spacial score (nSPS) is 13.9. The van der Waals surface area contributed by atoms with Crippen molar-refractivity contribution in [3.8, 4) is 5.75 Å². The fourth-order valence-electron chi connectivity index (χ4n) is 3.17. The number of fused-ring (bicyclic) bond motifs is 2. The number of carbonyl (C=O) groups is 1. The number of hydrogen-bond donors (Lipinski definition) is 0. The summed E-state index contributed by atoms with van der Waals surface area (Å²) >= 11 is 0. The predicted octanol–water partition coefficient (Wildman–Crippen LogP) is 3.73. The van der Waals surface area contributed by atoms with Gasteiger partial charge in [0.15, 0.2) is 11.6 Å². The largest absolute Gasteiger partial charge is 0.434 e. The zero-order valence-electron chi connectivity index (χ0n) is 15.6. The van der Waals surface area contributed by atoms with Gasteiger partial charge in [0, 0.05) is 31.8 Å². The number of aromatic nitrogens is 2. The van der Waals surface area contributed by atoms with Crippen LogP contribution < -0.4 is 14.5 Å². The Morgan fingerprint density at radius 1 is 1.03 bits per heavy atom. The van der Waals surface area contributed by atoms with E-state index in [1.165, 1.54) is 18.2 Å². The van der Waals surface area contributed by atoms with Crippen molar-refractivity contribution in [3.63, 3.8) is 0 Å². The predicted molar refractivity (Wildman–Crippen MR) is 107 cm³/mol. The van der Waals surface area contributed by atoms with E-state index in [1.807, 2.05) is 36.2 Å². The number of alkyl halides is 2. The van der Waals surface area contributed by atoms with Crippen molar-refractivity contribution in [2.75, 3.05) is 29.9 Å². The second-order valence-corrected chi connectivity index (χ2v) is 6.52. The molecule has 2 aromatic carbocycles. The van der Waals surface area contributed by atoms with Crippen LogP contribution in [0.25, 0.3) is 17.1 Å². The first kappa shape index (κ1) is 18.8. The van der Waals surface area contributed by atoms with Crippen LogP contribution in [0.1, 0.15) is 5.56 Å². The molecule has 2 heterocycles. The Labute approximate surface area is 166 Å². The van der Waals surface area contributed by atoms with E-state index in [-0.39, 0.29) is 11.7 Å². The minimum atomic E-state index is -2.94. The van der Waals surface area contributed by atoms with Crippen molar-refractivity contribution >= 4 is 34.7 Å². The van der Waals surface area contributed by atoms with Gasteiger partial charge in [0.25, 0.3) is 5.91 Å². The van der Waals surface area contributed by atoms with E-state index in [0.717, 1.165) is 5.52 Å². The Bertz CT molecular complexity index is 1090. The topological polar surface area (TPSA) is 58.6 Å². The van der Waals surface area contributed by atoms with Crippen molar-refractivity contribution in [2.45, 2.75) is 6.61 Å². The second kappa shape index (κ2) is 7.83. The van der Waals surface area contributed by atoms with Crippen molar-refractivity contribution < 1.29 is 18.3 Å². The summed E-state index contributed by atoms with van der Waals surface area (Å²) in [5.41, 5.74) is 1.83. The van der Waals surface area contributed by atoms with E-state index in [1.54, 1.807) is 23.1 Å². The number of hydrogen-bond acceptors (Lipinski definition) is 5. The first-order valence-electron chi connectivity index (χ1n) is 9.04. The molecule has 148 valence electrons. The van der Waals surface area contributed by atoms with Crippen molar-refractivity contribution in [1.82, 2.24) is 9.97 Å². The monoisotopic (exact) mass is 396 g/mol. The van der Waals surface area contributed by atoms with Crippen LogP contribution >= 0.6 is 0 Å². The van der Waals surface area contributed by atoms with Crippen LogP contribution in [0.5, 0.6) is 5.75 Å². The van der Waals surface area contributed by atoms with Crippen LogP contribution in [0.2, 0.25) is 0 Å². The molecule has 0 radical (unpaired) electrons. The number of carbonyl (C=O) groups excluding carboxylic acids is 1. The Morgan fingerprint density at radius 3 is 2.41 bits per heavy atom. The van der Waals surface area contributed by atoms with Crippen LogP contribution in [0.4, 0.5) is 20.4 Å². The number of para-hydroxylation sites is 3. The average molecular weight is 396 g/mol. The highest BCUT2D eigenvalue weighted by atomic mass is 19.3. The molecule has 1 amide bonds. The lowest BCUT2D eigenvalue weighted by atomic mass is 10.2. The van der Waals surface area contributed by atoms with Gasteiger partial charge in [-0.1, -0.05) is 30.3 Å². The summed E-state index contributed by atoms with van der Waals surface area (Å²) in [5, 5.41) is 0. The van der Waals surface area contributed by atoms with Gasteiger partial charge in [0.2, 0.25) is 0 Å². The minimum absolute atomic E-state index is 0.0103. The van der Waals surface area contributed by atoms with Gasteiger partial charge >= 0.3 is 6.61 Å². The van der Waals surface area contributed by atoms with Crippen molar-refractivity contribution in [2.24, 2.45) is 0 Å². The number of benzene rings is 2. The molecular formula is C21H18F2N4O2. The molecule has 0 atom stereocenters. The smallest absolute Gasteiger partial charge is 0.387 e. The molecule has 8 heteroatoms. The fourth-order valence-corrected chi connectivity index (χ4v) is 3.17. The van der Waals surface area contributed by atoms with E-state index >= 15 is 0 Å². The summed E-state index contributed by atoms with van der Waals surface area (Å²) in [4.78, 5) is 25.6. The molecule has 1 aliphatic heterocycles. The maximum Gasteiger partial charge on any atom is 0.387 e. The summed E-state index contributed by atoms with van der Waals surface area (Å²) in [5.74, 6) is 0.800. The molecule has 3 aromatic rings. The Hall–Kier alpha value is -3.55. The molecule has 0 spiro atoms. The van der Waals surface area contributed by atoms with Crippen LogP contribution in [-0.2, 0) is 4.79 Å². The molecule has 0 unspecified atom stereocenters. The van der Waals surface area contributed by atoms with Gasteiger partial charge in [-0.25, -0.2) is 9.97 Å². The van der Waals surface area contributed by atoms with Crippen LogP contribution in [0.15, 0.2) is 54.6 Å². The molecule has 0 N–H and O–H groups in total. The summed E-state index contributed by atoms with van der Waals surface area (Å²) in [7, 11) is 1.90. The number of nitrogens with zero attached hydrogens (tertiary/aromatic N) is 4. The van der Waals surface area contributed by atoms with E-state index in [9.17, 15) is 13.6 Å². The highest BCUT2D eigenvalue weighted by Crippen LogP contribution is 2.31. The molecule has 29 heavy (non-hydrogen) atoms. The summed E-state index contributed by atoms with van der Waals surface area (Å²) < 4.78 is 29.7. The molecule has 1 aliphatic rings. The summed E-state index contributed by atoms with van der Waals surface area (Å²) in [6, 6.07) is 13.8. The lowest BCUT2D eigenvalue weighted by Gasteiger charge is -2.33. The van der Waals surface area contributed by atoms with Crippen molar-refractivity contribution in [1.29, 1.82) is 0 Å². The third kappa shape index (κ3) is 3.87. The standard InChI is InChI=1S/C21H18F2N4O2/c1-26-12-13-27(20-19(26)24-15-7-3-4-8-16(15)25-20)18(28)11-10-14-6-2-5-9-17(14)29-21(22)23/h2-11,21H,12-13H2,1H3. The molecular weight excluding hydrogens is 378 g/mol. The van der Waals surface area contributed by atoms with Crippen molar-refractivity contribution in [3.05, 3.63) is 60.2 Å². The van der Waals surface area contributed by atoms with Crippen LogP contribution in [0.3, 0.4) is 0 Å². The Kier molecular flexibility index (Phi) is 5.07. The minimum Gasteiger partial charge on any atom is -0.434 e. The first-order chi connectivity index (χ1) is 14.0. The molecule has 0 bridgehead atoms. The van der Waals surface area contributed by atoms with E-state index in [0.29, 0.717) is 35.8 Å². The highest BCUT2D eigenvalue weighted by Gasteiger charge is 2.27. The molecule has 0 aliphatic carbocycles. The second-order valence-electron chi connectivity index (χ2n) is 6.52. The van der Waals surface area contributed by atoms with Crippen LogP contribution in [0, 0.1) is 0 Å². The van der Waals surface area contributed by atoms with E-state index < -0.39 is 6.61 Å². The van der Waals surface area contributed by atoms with Gasteiger partial charge < -0.3 is 9.64 Å². The number of rotatable bonds is 4. The lowest BCUT2D eigenvalue weighted by molar-refractivity contribution is -0.114. The quantitative estimate of drug-likeness (QED) is 0.629. The number of halogens is 2. The summed E-state index contributed by atoms with van der Waals surface area (Å²) in [6.07, 6.45) is 2.80. The van der Waals surface area contributed by atoms with E-state index in [2.05, 4.69) is 14.7 Å². The SMILES string of the molecule is CN1CCN(C(=O)C=Cc2ccccc2OC(F)F)c2nc3ccccc3nc21.